The molecule has 1 aromatic rings. The van der Waals surface area contributed by atoms with Crippen LogP contribution in [-0.4, -0.2) is 64.6 Å². The van der Waals surface area contributed by atoms with Gasteiger partial charge in [-0.2, -0.15) is 0 Å². The molecule has 0 saturated carbocycles. The predicted molar refractivity (Wildman–Crippen MR) is 82.0 cm³/mol. The van der Waals surface area contributed by atoms with Crippen molar-refractivity contribution >= 4 is 0 Å². The Kier molecular flexibility index (Phi) is 6.17. The van der Waals surface area contributed by atoms with Crippen LogP contribution in [0.2, 0.25) is 0 Å². The number of aromatic nitrogens is 2. The van der Waals surface area contributed by atoms with Gasteiger partial charge in [-0.3, -0.25) is 0 Å². The van der Waals surface area contributed by atoms with Gasteiger partial charge in [0.25, 0.3) is 0 Å². The molecule has 0 radical (unpaired) electrons. The summed E-state index contributed by atoms with van der Waals surface area (Å²) >= 11 is 0. The standard InChI is InChI=1S/C15H28N4O2/c1-4-5-7-18(2)10-13-15(20)12(11-21-13)17-9-14-16-6-8-19(14)3/h6,8,12-13,15,17,20H,4-5,7,9-11H2,1-3H3. The third-order valence-electron chi connectivity index (χ3n) is 4.11. The van der Waals surface area contributed by atoms with Gasteiger partial charge in [0, 0.05) is 26.0 Å². The van der Waals surface area contributed by atoms with Crippen molar-refractivity contribution in [1.82, 2.24) is 19.8 Å². The van der Waals surface area contributed by atoms with Crippen LogP contribution in [0.1, 0.15) is 25.6 Å². The minimum Gasteiger partial charge on any atom is -0.389 e. The molecule has 6 heteroatoms. The number of nitrogens with one attached hydrogen (secondary N) is 1. The van der Waals surface area contributed by atoms with Crippen LogP contribution >= 0.6 is 0 Å². The van der Waals surface area contributed by atoms with E-state index < -0.39 is 6.10 Å². The highest BCUT2D eigenvalue weighted by Gasteiger charge is 2.36. The first kappa shape index (κ1) is 16.4. The molecule has 1 aliphatic rings. The fraction of sp³-hybridized carbons (Fsp3) is 0.800. The molecule has 1 saturated heterocycles. The second-order valence-corrected chi connectivity index (χ2v) is 5.92. The SMILES string of the molecule is CCCCN(C)CC1OCC(NCc2nccn2C)C1O. The first-order valence-electron chi connectivity index (χ1n) is 7.79. The molecule has 1 aliphatic heterocycles. The summed E-state index contributed by atoms with van der Waals surface area (Å²) < 4.78 is 7.72. The molecule has 3 unspecified atom stereocenters. The Morgan fingerprint density at radius 3 is 3.05 bits per heavy atom. The average molecular weight is 296 g/mol. The van der Waals surface area contributed by atoms with Crippen molar-refractivity contribution in [1.29, 1.82) is 0 Å². The highest BCUT2D eigenvalue weighted by atomic mass is 16.5. The normalized spacial score (nSPS) is 25.9. The molecule has 0 bridgehead atoms. The Morgan fingerprint density at radius 2 is 2.38 bits per heavy atom. The van der Waals surface area contributed by atoms with Gasteiger partial charge in [0.05, 0.1) is 31.4 Å². The molecule has 0 aliphatic carbocycles. The molecule has 2 rings (SSSR count). The van der Waals surface area contributed by atoms with E-state index in [0.717, 1.165) is 18.9 Å². The lowest BCUT2D eigenvalue weighted by molar-refractivity contribution is 0.0199. The largest absolute Gasteiger partial charge is 0.389 e. The van der Waals surface area contributed by atoms with Crippen molar-refractivity contribution < 1.29 is 9.84 Å². The van der Waals surface area contributed by atoms with E-state index in [-0.39, 0.29) is 12.1 Å². The summed E-state index contributed by atoms with van der Waals surface area (Å²) in [7, 11) is 4.05. The van der Waals surface area contributed by atoms with Crippen molar-refractivity contribution in [3.8, 4) is 0 Å². The van der Waals surface area contributed by atoms with E-state index in [9.17, 15) is 5.11 Å². The Labute approximate surface area is 127 Å². The first-order valence-corrected chi connectivity index (χ1v) is 7.79. The zero-order valence-corrected chi connectivity index (χ0v) is 13.3. The molecule has 1 aromatic heterocycles. The van der Waals surface area contributed by atoms with Crippen molar-refractivity contribution in [2.45, 2.75) is 44.6 Å². The number of hydrogen-bond acceptors (Lipinski definition) is 5. The summed E-state index contributed by atoms with van der Waals surface area (Å²) in [4.78, 5) is 6.51. The second kappa shape index (κ2) is 7.89. The van der Waals surface area contributed by atoms with Gasteiger partial charge in [-0.25, -0.2) is 4.98 Å². The maximum absolute atomic E-state index is 10.4. The van der Waals surface area contributed by atoms with E-state index >= 15 is 0 Å². The van der Waals surface area contributed by atoms with Crippen LogP contribution in [0.4, 0.5) is 0 Å². The monoisotopic (exact) mass is 296 g/mol. The first-order chi connectivity index (χ1) is 10.1. The quantitative estimate of drug-likeness (QED) is 0.726. The molecule has 0 aromatic carbocycles. The highest BCUT2D eigenvalue weighted by Crippen LogP contribution is 2.16. The minimum atomic E-state index is -0.464. The lowest BCUT2D eigenvalue weighted by atomic mass is 10.1. The Balaban J connectivity index is 1.75. The third kappa shape index (κ3) is 4.51. The molecule has 6 nitrogen and oxygen atoms in total. The second-order valence-electron chi connectivity index (χ2n) is 5.92. The fourth-order valence-electron chi connectivity index (χ4n) is 2.64. The predicted octanol–water partition coefficient (Wildman–Crippen LogP) is 0.370. The van der Waals surface area contributed by atoms with E-state index in [1.54, 1.807) is 6.20 Å². The van der Waals surface area contributed by atoms with E-state index in [1.165, 1.54) is 12.8 Å². The van der Waals surface area contributed by atoms with E-state index in [1.807, 2.05) is 17.8 Å². The van der Waals surface area contributed by atoms with Crippen LogP contribution in [0.25, 0.3) is 0 Å². The summed E-state index contributed by atoms with van der Waals surface area (Å²) in [6.07, 6.45) is 5.50. The smallest absolute Gasteiger partial charge is 0.122 e. The average Bonchev–Trinajstić information content (AvgIpc) is 3.02. The number of unbranched alkanes of at least 4 members (excludes halogenated alkanes) is 1. The summed E-state index contributed by atoms with van der Waals surface area (Å²) in [5.41, 5.74) is 0. The van der Waals surface area contributed by atoms with Gasteiger partial charge in [0.1, 0.15) is 5.82 Å². The van der Waals surface area contributed by atoms with Gasteiger partial charge < -0.3 is 24.6 Å². The molecular formula is C15H28N4O2. The van der Waals surface area contributed by atoms with Gasteiger partial charge in [-0.15, -0.1) is 0 Å². The third-order valence-corrected chi connectivity index (χ3v) is 4.11. The maximum Gasteiger partial charge on any atom is 0.122 e. The van der Waals surface area contributed by atoms with Crippen LogP contribution in [0.5, 0.6) is 0 Å². The number of aliphatic hydroxyl groups is 1. The summed E-state index contributed by atoms with van der Waals surface area (Å²) in [6.45, 7) is 5.22. The van der Waals surface area contributed by atoms with E-state index in [0.29, 0.717) is 13.2 Å². The molecule has 3 atom stereocenters. The molecular weight excluding hydrogens is 268 g/mol. The summed E-state index contributed by atoms with van der Waals surface area (Å²) in [6, 6.07) is -0.0220. The van der Waals surface area contributed by atoms with E-state index in [4.69, 9.17) is 4.74 Å². The molecule has 0 amide bonds. The number of likely N-dealkylation sites (N-methyl/N-ethyl adjacent to an activating group) is 1. The number of aliphatic hydroxyl groups excluding tert-OH is 1. The molecule has 2 N–H and O–H groups in total. The Morgan fingerprint density at radius 1 is 1.57 bits per heavy atom. The van der Waals surface area contributed by atoms with Gasteiger partial charge in [0.2, 0.25) is 0 Å². The minimum absolute atomic E-state index is 0.0220. The van der Waals surface area contributed by atoms with Gasteiger partial charge >= 0.3 is 0 Å². The molecule has 1 fully saturated rings. The maximum atomic E-state index is 10.4. The van der Waals surface area contributed by atoms with Gasteiger partial charge in [-0.1, -0.05) is 13.3 Å². The highest BCUT2D eigenvalue weighted by molar-refractivity contribution is 4.94. The number of hydrogen-bond donors (Lipinski definition) is 2. The molecule has 2 heterocycles. The lowest BCUT2D eigenvalue weighted by Gasteiger charge is -2.23. The molecule has 0 spiro atoms. The molecule has 120 valence electrons. The Bertz CT molecular complexity index is 424. The van der Waals surface area contributed by atoms with Crippen molar-refractivity contribution in [3.63, 3.8) is 0 Å². The van der Waals surface area contributed by atoms with Crippen LogP contribution < -0.4 is 5.32 Å². The zero-order chi connectivity index (χ0) is 15.2. The summed E-state index contributed by atoms with van der Waals surface area (Å²) in [5.74, 6) is 0.964. The number of aryl methyl sites for hydroxylation is 1. The topological polar surface area (TPSA) is 62.5 Å². The van der Waals surface area contributed by atoms with Gasteiger partial charge in [-0.05, 0) is 20.0 Å². The Hall–Kier alpha value is -0.950. The number of rotatable bonds is 8. The van der Waals surface area contributed by atoms with Gasteiger partial charge in [0.15, 0.2) is 0 Å². The van der Waals surface area contributed by atoms with Crippen LogP contribution in [0.3, 0.4) is 0 Å². The number of nitrogens with zero attached hydrogens (tertiary/aromatic N) is 3. The van der Waals surface area contributed by atoms with Crippen molar-refractivity contribution in [2.24, 2.45) is 7.05 Å². The van der Waals surface area contributed by atoms with Crippen LogP contribution in [0, 0.1) is 0 Å². The van der Waals surface area contributed by atoms with Crippen LogP contribution in [0.15, 0.2) is 12.4 Å². The van der Waals surface area contributed by atoms with Crippen molar-refractivity contribution in [2.75, 3.05) is 26.7 Å². The molecule has 21 heavy (non-hydrogen) atoms. The zero-order valence-electron chi connectivity index (χ0n) is 13.3. The summed E-state index contributed by atoms with van der Waals surface area (Å²) in [5, 5.41) is 13.7. The van der Waals surface area contributed by atoms with E-state index in [2.05, 4.69) is 29.2 Å². The number of imidazole rings is 1. The number of ether oxygens (including phenoxy) is 1. The lowest BCUT2D eigenvalue weighted by Crippen LogP contribution is -2.44. The van der Waals surface area contributed by atoms with Crippen molar-refractivity contribution in [3.05, 3.63) is 18.2 Å². The fourth-order valence-corrected chi connectivity index (χ4v) is 2.64. The van der Waals surface area contributed by atoms with Crippen LogP contribution in [-0.2, 0) is 18.3 Å².